The fourth-order valence-corrected chi connectivity index (χ4v) is 2.98. The third-order valence-electron chi connectivity index (χ3n) is 4.04. The largest absolute Gasteiger partial charge is 0.341 e. The molecule has 1 aliphatic carbocycles. The Balaban J connectivity index is 2.05. The number of anilines is 1. The zero-order chi connectivity index (χ0) is 12.7. The van der Waals surface area contributed by atoms with Crippen molar-refractivity contribution in [2.75, 3.05) is 18.0 Å². The van der Waals surface area contributed by atoms with Gasteiger partial charge in [-0.1, -0.05) is 0 Å². The van der Waals surface area contributed by atoms with E-state index in [1.807, 2.05) is 7.05 Å². The summed E-state index contributed by atoms with van der Waals surface area (Å²) in [5.74, 6) is 0.800. The number of fused-ring (bicyclic) bond motifs is 1. The van der Waals surface area contributed by atoms with E-state index in [9.17, 15) is 4.79 Å². The Morgan fingerprint density at radius 1 is 1.33 bits per heavy atom. The van der Waals surface area contributed by atoms with Crippen LogP contribution in [0.25, 0.3) is 0 Å². The predicted molar refractivity (Wildman–Crippen MR) is 70.9 cm³/mol. The van der Waals surface area contributed by atoms with Crippen molar-refractivity contribution < 1.29 is 0 Å². The van der Waals surface area contributed by atoms with E-state index in [1.165, 1.54) is 0 Å². The van der Waals surface area contributed by atoms with Gasteiger partial charge in [-0.15, -0.1) is 0 Å². The first kappa shape index (κ1) is 11.7. The molecule has 1 aromatic rings. The molecule has 0 radical (unpaired) electrons. The van der Waals surface area contributed by atoms with Crippen molar-refractivity contribution in [1.82, 2.24) is 9.55 Å². The lowest BCUT2D eigenvalue weighted by atomic mass is 9.97. The minimum absolute atomic E-state index is 0.134. The van der Waals surface area contributed by atoms with Crippen LogP contribution in [0.1, 0.15) is 30.5 Å². The molecule has 2 N–H and O–H groups in total. The van der Waals surface area contributed by atoms with Gasteiger partial charge in [0, 0.05) is 31.7 Å². The van der Waals surface area contributed by atoms with Crippen molar-refractivity contribution in [1.29, 1.82) is 0 Å². The molecular formula is C13H20N4O. The molecule has 1 saturated heterocycles. The monoisotopic (exact) mass is 248 g/mol. The van der Waals surface area contributed by atoms with E-state index in [-0.39, 0.29) is 11.6 Å². The average molecular weight is 248 g/mol. The summed E-state index contributed by atoms with van der Waals surface area (Å²) in [5.41, 5.74) is 8.01. The van der Waals surface area contributed by atoms with E-state index in [0.717, 1.165) is 62.4 Å². The molecule has 5 heteroatoms. The zero-order valence-electron chi connectivity index (χ0n) is 10.9. The van der Waals surface area contributed by atoms with Gasteiger partial charge in [-0.3, -0.25) is 9.36 Å². The number of nitrogens with two attached hydrogens (primary N) is 1. The zero-order valence-corrected chi connectivity index (χ0v) is 10.9. The molecule has 0 aromatic carbocycles. The molecule has 0 unspecified atom stereocenters. The smallest absolute Gasteiger partial charge is 0.258 e. The Bertz CT molecular complexity index is 522. The summed E-state index contributed by atoms with van der Waals surface area (Å²) < 4.78 is 1.70. The van der Waals surface area contributed by atoms with Crippen LogP contribution in [-0.4, -0.2) is 28.7 Å². The molecule has 0 saturated carbocycles. The highest BCUT2D eigenvalue weighted by molar-refractivity contribution is 5.37. The van der Waals surface area contributed by atoms with Crippen LogP contribution >= 0.6 is 0 Å². The fraction of sp³-hybridized carbons (Fsp3) is 0.692. The van der Waals surface area contributed by atoms with Crippen molar-refractivity contribution in [2.45, 2.75) is 38.1 Å². The first-order chi connectivity index (χ1) is 8.66. The summed E-state index contributed by atoms with van der Waals surface area (Å²) in [4.78, 5) is 19.2. The summed E-state index contributed by atoms with van der Waals surface area (Å²) in [6, 6.07) is 0.206. The molecule has 18 heavy (non-hydrogen) atoms. The molecule has 0 spiro atoms. The molecule has 1 atom stereocenters. The van der Waals surface area contributed by atoms with Crippen molar-refractivity contribution in [2.24, 2.45) is 12.8 Å². The Morgan fingerprint density at radius 2 is 2.11 bits per heavy atom. The van der Waals surface area contributed by atoms with Crippen LogP contribution in [0.15, 0.2) is 4.79 Å². The van der Waals surface area contributed by atoms with Gasteiger partial charge in [-0.2, -0.15) is 0 Å². The number of aryl methyl sites for hydroxylation is 1. The average Bonchev–Trinajstić information content (AvgIpc) is 2.80. The van der Waals surface area contributed by atoms with Crippen LogP contribution in [-0.2, 0) is 19.9 Å². The molecule has 2 heterocycles. The number of hydrogen-bond acceptors (Lipinski definition) is 4. The minimum Gasteiger partial charge on any atom is -0.341 e. The van der Waals surface area contributed by atoms with Crippen LogP contribution in [0, 0.1) is 0 Å². The molecular weight excluding hydrogens is 228 g/mol. The van der Waals surface area contributed by atoms with Gasteiger partial charge >= 0.3 is 0 Å². The van der Waals surface area contributed by atoms with Crippen LogP contribution in [0.5, 0.6) is 0 Å². The summed E-state index contributed by atoms with van der Waals surface area (Å²) in [6.07, 6.45) is 5.06. The molecule has 1 fully saturated rings. The lowest BCUT2D eigenvalue weighted by molar-refractivity contribution is 0.630. The van der Waals surface area contributed by atoms with Gasteiger partial charge in [-0.05, 0) is 32.1 Å². The quantitative estimate of drug-likeness (QED) is 0.771. The molecule has 5 nitrogen and oxygen atoms in total. The number of nitrogens with zero attached hydrogens (tertiary/aromatic N) is 3. The maximum atomic E-state index is 12.3. The highest BCUT2D eigenvalue weighted by atomic mass is 16.1. The highest BCUT2D eigenvalue weighted by Gasteiger charge is 2.25. The molecule has 2 aliphatic rings. The highest BCUT2D eigenvalue weighted by Crippen LogP contribution is 2.21. The van der Waals surface area contributed by atoms with Gasteiger partial charge in [0.1, 0.15) is 0 Å². The van der Waals surface area contributed by atoms with Crippen LogP contribution < -0.4 is 16.2 Å². The Hall–Kier alpha value is -1.36. The Kier molecular flexibility index (Phi) is 2.86. The fourth-order valence-electron chi connectivity index (χ4n) is 2.98. The first-order valence-electron chi connectivity index (χ1n) is 6.76. The van der Waals surface area contributed by atoms with Crippen molar-refractivity contribution in [3.8, 4) is 0 Å². The van der Waals surface area contributed by atoms with E-state index < -0.39 is 0 Å². The van der Waals surface area contributed by atoms with Gasteiger partial charge in [0.05, 0.1) is 5.69 Å². The van der Waals surface area contributed by atoms with Gasteiger partial charge in [-0.25, -0.2) is 4.98 Å². The number of hydrogen-bond donors (Lipinski definition) is 1. The van der Waals surface area contributed by atoms with E-state index in [4.69, 9.17) is 10.7 Å². The second kappa shape index (κ2) is 4.39. The maximum Gasteiger partial charge on any atom is 0.258 e. The van der Waals surface area contributed by atoms with Crippen molar-refractivity contribution >= 4 is 5.95 Å². The Morgan fingerprint density at radius 3 is 2.83 bits per heavy atom. The topological polar surface area (TPSA) is 64.2 Å². The predicted octanol–water partition coefficient (Wildman–Crippen LogP) is 0.196. The Labute approximate surface area is 107 Å². The van der Waals surface area contributed by atoms with Crippen LogP contribution in [0.2, 0.25) is 0 Å². The first-order valence-corrected chi connectivity index (χ1v) is 6.76. The third-order valence-corrected chi connectivity index (χ3v) is 4.04. The molecule has 1 aliphatic heterocycles. The second-order valence-corrected chi connectivity index (χ2v) is 5.40. The normalized spacial score (nSPS) is 23.2. The lowest BCUT2D eigenvalue weighted by Gasteiger charge is -2.23. The molecule has 0 amide bonds. The van der Waals surface area contributed by atoms with Crippen molar-refractivity contribution in [3.05, 3.63) is 21.6 Å². The summed E-state index contributed by atoms with van der Waals surface area (Å²) in [5, 5.41) is 0. The summed E-state index contributed by atoms with van der Waals surface area (Å²) in [7, 11) is 1.82. The number of rotatable bonds is 1. The van der Waals surface area contributed by atoms with E-state index >= 15 is 0 Å². The summed E-state index contributed by atoms with van der Waals surface area (Å²) in [6.45, 7) is 1.71. The van der Waals surface area contributed by atoms with Gasteiger partial charge in [0.15, 0.2) is 0 Å². The maximum absolute atomic E-state index is 12.3. The SMILES string of the molecule is Cn1c(N2CC[C@H](N)C2)nc2c(c1=O)CCCC2. The standard InChI is InChI=1S/C13H20N4O/c1-16-12(18)10-4-2-3-5-11(10)15-13(16)17-7-6-9(14)8-17/h9H,2-8,14H2,1H3/t9-/m0/s1. The molecule has 0 bridgehead atoms. The lowest BCUT2D eigenvalue weighted by Crippen LogP contribution is -2.35. The third kappa shape index (κ3) is 1.82. The van der Waals surface area contributed by atoms with Crippen molar-refractivity contribution in [3.63, 3.8) is 0 Å². The van der Waals surface area contributed by atoms with Gasteiger partial charge in [0.2, 0.25) is 5.95 Å². The van der Waals surface area contributed by atoms with Crippen LogP contribution in [0.4, 0.5) is 5.95 Å². The number of aromatic nitrogens is 2. The van der Waals surface area contributed by atoms with Gasteiger partial charge in [0.25, 0.3) is 5.56 Å². The molecule has 3 rings (SSSR count). The van der Waals surface area contributed by atoms with E-state index in [0.29, 0.717) is 0 Å². The van der Waals surface area contributed by atoms with Gasteiger partial charge < -0.3 is 10.6 Å². The van der Waals surface area contributed by atoms with Crippen LogP contribution in [0.3, 0.4) is 0 Å². The molecule has 1 aromatic heterocycles. The van der Waals surface area contributed by atoms with E-state index in [2.05, 4.69) is 4.90 Å². The molecule has 98 valence electrons. The summed E-state index contributed by atoms with van der Waals surface area (Å²) >= 11 is 0. The van der Waals surface area contributed by atoms with E-state index in [1.54, 1.807) is 4.57 Å². The second-order valence-electron chi connectivity index (χ2n) is 5.40. The minimum atomic E-state index is 0.134.